The summed E-state index contributed by atoms with van der Waals surface area (Å²) in [6.07, 6.45) is 1.96. The van der Waals surface area contributed by atoms with Crippen LogP contribution in [-0.2, 0) is 12.8 Å². The summed E-state index contributed by atoms with van der Waals surface area (Å²) in [6, 6.07) is 11.9. The number of halogens is 1. The van der Waals surface area contributed by atoms with Gasteiger partial charge in [-0.1, -0.05) is 53.5 Å². The molecule has 0 amide bonds. The molecule has 104 valence electrons. The Morgan fingerprint density at radius 2 is 1.70 bits per heavy atom. The molecule has 0 saturated carbocycles. The predicted molar refractivity (Wildman–Crippen MR) is 87.5 cm³/mol. The van der Waals surface area contributed by atoms with Gasteiger partial charge in [-0.2, -0.15) is 0 Å². The van der Waals surface area contributed by atoms with Gasteiger partial charge in [-0.3, -0.25) is 4.79 Å². The Bertz CT molecular complexity index is 644. The van der Waals surface area contributed by atoms with Crippen molar-refractivity contribution in [3.63, 3.8) is 0 Å². The van der Waals surface area contributed by atoms with Crippen molar-refractivity contribution in [1.82, 2.24) is 0 Å². The van der Waals surface area contributed by atoms with Crippen LogP contribution >= 0.6 is 15.9 Å². The van der Waals surface area contributed by atoms with Gasteiger partial charge >= 0.3 is 0 Å². The highest BCUT2D eigenvalue weighted by Crippen LogP contribution is 2.23. The lowest BCUT2D eigenvalue weighted by Crippen LogP contribution is -2.05. The Balaban J connectivity index is 2.45. The molecule has 0 radical (unpaired) electrons. The fourth-order valence-corrected chi connectivity index (χ4v) is 2.84. The minimum atomic E-state index is 0.0814. The van der Waals surface area contributed by atoms with Crippen LogP contribution in [0.2, 0.25) is 0 Å². The van der Waals surface area contributed by atoms with Crippen molar-refractivity contribution in [3.8, 4) is 0 Å². The summed E-state index contributed by atoms with van der Waals surface area (Å²) < 4.78 is 0.853. The summed E-state index contributed by atoms with van der Waals surface area (Å²) in [5.41, 5.74) is 5.19. The van der Waals surface area contributed by atoms with Crippen molar-refractivity contribution in [1.29, 1.82) is 0 Å². The van der Waals surface area contributed by atoms with Gasteiger partial charge < -0.3 is 0 Å². The van der Waals surface area contributed by atoms with E-state index in [1.54, 1.807) is 0 Å². The molecular weight excluding hydrogens is 312 g/mol. The van der Waals surface area contributed by atoms with Gasteiger partial charge in [0.25, 0.3) is 0 Å². The van der Waals surface area contributed by atoms with E-state index in [1.807, 2.05) is 37.3 Å². The highest BCUT2D eigenvalue weighted by molar-refractivity contribution is 9.10. The summed E-state index contributed by atoms with van der Waals surface area (Å²) in [5.74, 6) is 0.0814. The molecule has 20 heavy (non-hydrogen) atoms. The van der Waals surface area contributed by atoms with Crippen molar-refractivity contribution in [2.45, 2.75) is 33.6 Å². The van der Waals surface area contributed by atoms with E-state index < -0.39 is 0 Å². The lowest BCUT2D eigenvalue weighted by atomic mass is 9.95. The highest BCUT2D eigenvalue weighted by Gasteiger charge is 2.14. The van der Waals surface area contributed by atoms with Crippen LogP contribution in [0.15, 0.2) is 40.9 Å². The highest BCUT2D eigenvalue weighted by atomic mass is 79.9. The Hall–Kier alpha value is -1.41. The minimum absolute atomic E-state index is 0.0814. The molecule has 0 N–H and O–H groups in total. The number of benzene rings is 2. The number of ketones is 1. The molecule has 0 spiro atoms. The monoisotopic (exact) mass is 330 g/mol. The first-order valence-corrected chi connectivity index (χ1v) is 7.78. The zero-order valence-electron chi connectivity index (χ0n) is 12.2. The van der Waals surface area contributed by atoms with E-state index >= 15 is 0 Å². The van der Waals surface area contributed by atoms with Crippen LogP contribution in [0, 0.1) is 6.92 Å². The zero-order valence-corrected chi connectivity index (χ0v) is 13.8. The van der Waals surface area contributed by atoms with Gasteiger partial charge in [0.1, 0.15) is 0 Å². The lowest BCUT2D eigenvalue weighted by molar-refractivity contribution is 0.103. The maximum atomic E-state index is 12.7. The first-order chi connectivity index (χ1) is 9.56. The van der Waals surface area contributed by atoms with Crippen molar-refractivity contribution in [3.05, 3.63) is 68.7 Å². The molecule has 2 heteroatoms. The standard InChI is InChI=1S/C18H19BrO/c1-4-13-7-8-15(11-14(13)5-2)18(20)16-10-12(3)6-9-17(16)19/h6-11H,4-5H2,1-3H3. The molecule has 0 heterocycles. The Morgan fingerprint density at radius 1 is 1.00 bits per heavy atom. The fourth-order valence-electron chi connectivity index (χ4n) is 2.41. The van der Waals surface area contributed by atoms with Gasteiger partial charge in [-0.25, -0.2) is 0 Å². The average molecular weight is 331 g/mol. The third-order valence-corrected chi connectivity index (χ3v) is 4.29. The number of rotatable bonds is 4. The zero-order chi connectivity index (χ0) is 14.7. The molecule has 0 aliphatic heterocycles. The van der Waals surface area contributed by atoms with Crippen LogP contribution in [0.25, 0.3) is 0 Å². The van der Waals surface area contributed by atoms with Crippen molar-refractivity contribution >= 4 is 21.7 Å². The second-order valence-electron chi connectivity index (χ2n) is 5.00. The van der Waals surface area contributed by atoms with E-state index in [1.165, 1.54) is 11.1 Å². The second-order valence-corrected chi connectivity index (χ2v) is 5.86. The predicted octanol–water partition coefficient (Wildman–Crippen LogP) is 5.11. The first-order valence-electron chi connectivity index (χ1n) is 6.99. The van der Waals surface area contributed by atoms with Crippen LogP contribution in [0.3, 0.4) is 0 Å². The maximum Gasteiger partial charge on any atom is 0.194 e. The summed E-state index contributed by atoms with van der Waals surface area (Å²) in [5, 5.41) is 0. The molecule has 2 aromatic rings. The quantitative estimate of drug-likeness (QED) is 0.711. The van der Waals surface area contributed by atoms with E-state index in [4.69, 9.17) is 0 Å². The topological polar surface area (TPSA) is 17.1 Å². The number of hydrogen-bond donors (Lipinski definition) is 0. The molecule has 0 aromatic heterocycles. The molecule has 2 aromatic carbocycles. The van der Waals surface area contributed by atoms with Gasteiger partial charge in [0, 0.05) is 15.6 Å². The Kier molecular flexibility index (Phi) is 4.77. The normalized spacial score (nSPS) is 10.6. The fraction of sp³-hybridized carbons (Fsp3) is 0.278. The molecule has 0 aliphatic carbocycles. The van der Waals surface area contributed by atoms with Gasteiger partial charge in [0.15, 0.2) is 5.78 Å². The van der Waals surface area contributed by atoms with Gasteiger partial charge in [0.05, 0.1) is 0 Å². The summed E-state index contributed by atoms with van der Waals surface area (Å²) in [4.78, 5) is 12.7. The number of carbonyl (C=O) groups is 1. The molecule has 2 rings (SSSR count). The molecule has 0 unspecified atom stereocenters. The van der Waals surface area contributed by atoms with Crippen LogP contribution in [0.4, 0.5) is 0 Å². The van der Waals surface area contributed by atoms with Crippen molar-refractivity contribution < 1.29 is 4.79 Å². The number of carbonyl (C=O) groups excluding carboxylic acids is 1. The molecule has 0 bridgehead atoms. The lowest BCUT2D eigenvalue weighted by Gasteiger charge is -2.10. The molecule has 0 aliphatic rings. The SMILES string of the molecule is CCc1ccc(C(=O)c2cc(C)ccc2Br)cc1CC. The summed E-state index contributed by atoms with van der Waals surface area (Å²) in [6.45, 7) is 6.28. The third-order valence-electron chi connectivity index (χ3n) is 3.60. The second kappa shape index (κ2) is 6.36. The molecule has 1 nitrogen and oxygen atoms in total. The van der Waals surface area contributed by atoms with Crippen LogP contribution in [-0.4, -0.2) is 5.78 Å². The van der Waals surface area contributed by atoms with Gasteiger partial charge in [0.2, 0.25) is 0 Å². The molecule has 0 atom stereocenters. The van der Waals surface area contributed by atoms with Gasteiger partial charge in [-0.15, -0.1) is 0 Å². The van der Waals surface area contributed by atoms with E-state index in [0.29, 0.717) is 0 Å². The van der Waals surface area contributed by atoms with Crippen molar-refractivity contribution in [2.24, 2.45) is 0 Å². The summed E-state index contributed by atoms with van der Waals surface area (Å²) >= 11 is 3.47. The molecular formula is C18H19BrO. The smallest absolute Gasteiger partial charge is 0.194 e. The van der Waals surface area contributed by atoms with Crippen molar-refractivity contribution in [2.75, 3.05) is 0 Å². The van der Waals surface area contributed by atoms with E-state index in [2.05, 4.69) is 35.8 Å². The average Bonchev–Trinajstić information content (AvgIpc) is 2.48. The van der Waals surface area contributed by atoms with E-state index in [-0.39, 0.29) is 5.78 Å². The maximum absolute atomic E-state index is 12.7. The largest absolute Gasteiger partial charge is 0.289 e. The van der Waals surface area contributed by atoms with Crippen LogP contribution < -0.4 is 0 Å². The van der Waals surface area contributed by atoms with Crippen LogP contribution in [0.5, 0.6) is 0 Å². The van der Waals surface area contributed by atoms with Crippen LogP contribution in [0.1, 0.15) is 46.5 Å². The molecule has 0 fully saturated rings. The third kappa shape index (κ3) is 3.01. The van der Waals surface area contributed by atoms with Gasteiger partial charge in [-0.05, 0) is 49.1 Å². The number of aryl methyl sites for hydroxylation is 3. The summed E-state index contributed by atoms with van der Waals surface area (Å²) in [7, 11) is 0. The Labute approximate surface area is 129 Å². The number of hydrogen-bond acceptors (Lipinski definition) is 1. The Morgan fingerprint density at radius 3 is 2.35 bits per heavy atom. The van der Waals surface area contributed by atoms with E-state index in [9.17, 15) is 4.79 Å². The first kappa shape index (κ1) is 15.0. The molecule has 0 saturated heterocycles. The minimum Gasteiger partial charge on any atom is -0.289 e. The van der Waals surface area contributed by atoms with E-state index in [0.717, 1.165) is 34.0 Å².